The number of aromatic nitrogens is 2. The van der Waals surface area contributed by atoms with Crippen LogP contribution in [0.15, 0.2) is 58.3 Å². The van der Waals surface area contributed by atoms with Crippen molar-refractivity contribution < 1.29 is 30.0 Å². The van der Waals surface area contributed by atoms with E-state index in [0.717, 1.165) is 18.4 Å². The summed E-state index contributed by atoms with van der Waals surface area (Å²) in [5.74, 6) is -1.97. The molecule has 0 atom stereocenters. The average Bonchev–Trinajstić information content (AvgIpc) is 2.65. The molecule has 1 heterocycles. The molecule has 0 aliphatic carbocycles. The van der Waals surface area contributed by atoms with Crippen molar-refractivity contribution in [1.82, 2.24) is 9.97 Å². The van der Waals surface area contributed by atoms with E-state index in [1.807, 2.05) is 0 Å². The lowest BCUT2D eigenvalue weighted by molar-refractivity contribution is -0.144. The number of halogens is 4. The predicted octanol–water partition coefficient (Wildman–Crippen LogP) is 3.74. The van der Waals surface area contributed by atoms with Crippen molar-refractivity contribution in [2.24, 2.45) is 0 Å². The molecule has 7 nitrogen and oxygen atoms in total. The summed E-state index contributed by atoms with van der Waals surface area (Å²) in [6.45, 7) is 0. The van der Waals surface area contributed by atoms with Gasteiger partial charge in [-0.2, -0.15) is 13.2 Å². The van der Waals surface area contributed by atoms with E-state index in [4.69, 9.17) is 16.4 Å². The van der Waals surface area contributed by atoms with Gasteiger partial charge in [-0.1, -0.05) is 24.3 Å². The van der Waals surface area contributed by atoms with Crippen LogP contribution in [0.5, 0.6) is 0 Å². The van der Waals surface area contributed by atoms with Crippen LogP contribution in [0.3, 0.4) is 0 Å². The maximum absolute atomic E-state index is 13.3. The number of nitrogen functional groups attached to an aromatic ring is 1. The molecular weight excluding hydrogens is 479 g/mol. The van der Waals surface area contributed by atoms with Crippen molar-refractivity contribution in [1.29, 1.82) is 0 Å². The Morgan fingerprint density at radius 3 is 1.77 bits per heavy atom. The zero-order chi connectivity index (χ0) is 23.2. The highest BCUT2D eigenvalue weighted by atomic mass is 35.7. The Hall–Kier alpha value is -2.70. The maximum atomic E-state index is 13.3. The van der Waals surface area contributed by atoms with Crippen molar-refractivity contribution in [3.8, 4) is 22.4 Å². The second-order valence-corrected chi connectivity index (χ2v) is 11.0. The van der Waals surface area contributed by atoms with E-state index < -0.39 is 36.7 Å². The first-order chi connectivity index (χ1) is 14.2. The Labute approximate surface area is 180 Å². The molecule has 0 fully saturated rings. The van der Waals surface area contributed by atoms with Gasteiger partial charge in [0, 0.05) is 22.5 Å². The molecule has 0 aliphatic heterocycles. The van der Waals surface area contributed by atoms with Crippen LogP contribution in [-0.2, 0) is 25.1 Å². The smallest absolute Gasteiger partial charge is 0.383 e. The van der Waals surface area contributed by atoms with Gasteiger partial charge < -0.3 is 5.73 Å². The zero-order valence-electron chi connectivity index (χ0n) is 15.6. The summed E-state index contributed by atoms with van der Waals surface area (Å²) < 4.78 is 86.0. The lowest BCUT2D eigenvalue weighted by atomic mass is 9.99. The molecule has 31 heavy (non-hydrogen) atoms. The van der Waals surface area contributed by atoms with Gasteiger partial charge in [-0.25, -0.2) is 26.8 Å². The van der Waals surface area contributed by atoms with E-state index in [1.165, 1.54) is 36.4 Å². The number of nitrogens with two attached hydrogens (primary N) is 1. The summed E-state index contributed by atoms with van der Waals surface area (Å²) in [4.78, 5) is 6.69. The minimum absolute atomic E-state index is 0.0126. The van der Waals surface area contributed by atoms with Gasteiger partial charge in [0.1, 0.15) is 5.82 Å². The van der Waals surface area contributed by atoms with Gasteiger partial charge in [0.2, 0.25) is 5.82 Å². The molecule has 0 unspecified atom stereocenters. The van der Waals surface area contributed by atoms with Crippen molar-refractivity contribution in [3.05, 3.63) is 54.4 Å². The number of anilines is 1. The third-order valence-electron chi connectivity index (χ3n) is 4.17. The maximum Gasteiger partial charge on any atom is 0.451 e. The Balaban J connectivity index is 2.26. The first-order valence-corrected chi connectivity index (χ1v) is 12.5. The average molecular weight is 492 g/mol. The highest BCUT2D eigenvalue weighted by Crippen LogP contribution is 2.38. The minimum atomic E-state index is -4.88. The molecule has 2 aromatic carbocycles. The number of hydrogen-bond donors (Lipinski definition) is 1. The molecule has 0 spiro atoms. The van der Waals surface area contributed by atoms with Crippen LogP contribution in [0.2, 0.25) is 0 Å². The number of alkyl halides is 3. The minimum Gasteiger partial charge on any atom is -0.383 e. The molecule has 1 aromatic heterocycles. The Morgan fingerprint density at radius 2 is 1.32 bits per heavy atom. The van der Waals surface area contributed by atoms with E-state index in [9.17, 15) is 30.0 Å². The fraction of sp³-hybridized carbons (Fsp3) is 0.111. The molecule has 0 saturated carbocycles. The third-order valence-corrected chi connectivity index (χ3v) is 6.67. The fourth-order valence-corrected chi connectivity index (χ4v) is 4.14. The van der Waals surface area contributed by atoms with E-state index in [0.29, 0.717) is 0 Å². The number of rotatable bonds is 4. The highest BCUT2D eigenvalue weighted by molar-refractivity contribution is 8.13. The summed E-state index contributed by atoms with van der Waals surface area (Å²) in [5, 5.41) is 0. The van der Waals surface area contributed by atoms with Crippen molar-refractivity contribution in [3.63, 3.8) is 0 Å². The Kier molecular flexibility index (Phi) is 5.76. The number of nitrogens with zero attached hydrogens (tertiary/aromatic N) is 2. The molecule has 3 rings (SSSR count). The van der Waals surface area contributed by atoms with Crippen LogP contribution in [0.4, 0.5) is 19.0 Å². The molecular formula is C18H13ClF3N3O4S2. The monoisotopic (exact) mass is 491 g/mol. The van der Waals surface area contributed by atoms with Gasteiger partial charge in [-0.15, -0.1) is 0 Å². The van der Waals surface area contributed by atoms with Crippen molar-refractivity contribution in [2.45, 2.75) is 16.0 Å². The second-order valence-electron chi connectivity index (χ2n) is 6.41. The van der Waals surface area contributed by atoms with Gasteiger partial charge in [0.05, 0.1) is 21.0 Å². The second kappa shape index (κ2) is 7.77. The van der Waals surface area contributed by atoms with Crippen molar-refractivity contribution >= 4 is 35.4 Å². The molecule has 0 amide bonds. The van der Waals surface area contributed by atoms with Crippen LogP contribution in [0.25, 0.3) is 22.4 Å². The van der Waals surface area contributed by atoms with Crippen LogP contribution in [0, 0.1) is 0 Å². The third kappa shape index (κ3) is 4.97. The molecule has 0 bridgehead atoms. The van der Waals surface area contributed by atoms with E-state index in [-0.39, 0.29) is 32.2 Å². The Bertz CT molecular complexity index is 1360. The number of benzene rings is 2. The molecule has 3 aromatic rings. The van der Waals surface area contributed by atoms with E-state index in [1.54, 1.807) is 0 Å². The molecule has 164 valence electrons. The molecule has 2 N–H and O–H groups in total. The molecule has 0 aliphatic rings. The number of hydrogen-bond acceptors (Lipinski definition) is 7. The van der Waals surface area contributed by atoms with Crippen LogP contribution in [-0.4, -0.2) is 33.1 Å². The summed E-state index contributed by atoms with van der Waals surface area (Å²) >= 11 is 0. The lowest BCUT2D eigenvalue weighted by Crippen LogP contribution is -2.14. The standard InChI is InChI=1S/C18H13ClF3N3O4S2/c1-30(26,27)12-6-4-11(5-7-12)15-14(16(23)25-17(24-15)18(20,21)22)10-2-8-13(9-3-10)31(19,28)29/h2-9H,1H3,(H2,23,24,25). The van der Waals surface area contributed by atoms with Crippen LogP contribution >= 0.6 is 10.7 Å². The van der Waals surface area contributed by atoms with Gasteiger partial charge in [0.15, 0.2) is 9.84 Å². The number of sulfone groups is 1. The predicted molar refractivity (Wildman–Crippen MR) is 108 cm³/mol. The van der Waals surface area contributed by atoms with Crippen LogP contribution in [0.1, 0.15) is 5.82 Å². The fourth-order valence-electron chi connectivity index (χ4n) is 2.74. The quantitative estimate of drug-likeness (QED) is 0.552. The van der Waals surface area contributed by atoms with E-state index >= 15 is 0 Å². The van der Waals surface area contributed by atoms with Gasteiger partial charge in [0.25, 0.3) is 9.05 Å². The van der Waals surface area contributed by atoms with E-state index in [2.05, 4.69) is 9.97 Å². The highest BCUT2D eigenvalue weighted by Gasteiger charge is 2.36. The molecule has 0 saturated heterocycles. The lowest BCUT2D eigenvalue weighted by Gasteiger charge is -2.15. The first-order valence-electron chi connectivity index (χ1n) is 8.28. The normalized spacial score (nSPS) is 12.7. The SMILES string of the molecule is CS(=O)(=O)c1ccc(-c2nc(C(F)(F)F)nc(N)c2-c2ccc(S(=O)(=O)Cl)cc2)cc1. The van der Waals surface area contributed by atoms with Gasteiger partial charge >= 0.3 is 6.18 Å². The Morgan fingerprint density at radius 1 is 0.839 bits per heavy atom. The summed E-state index contributed by atoms with van der Waals surface area (Å²) in [5.41, 5.74) is 6.01. The van der Waals surface area contributed by atoms with Crippen molar-refractivity contribution in [2.75, 3.05) is 12.0 Å². The summed E-state index contributed by atoms with van der Waals surface area (Å²) in [6, 6.07) is 9.94. The first kappa shape index (κ1) is 23.0. The topological polar surface area (TPSA) is 120 Å². The summed E-state index contributed by atoms with van der Waals surface area (Å²) in [6.07, 6.45) is -3.89. The molecule has 13 heteroatoms. The zero-order valence-corrected chi connectivity index (χ0v) is 17.9. The molecule has 0 radical (unpaired) electrons. The van der Waals surface area contributed by atoms with Gasteiger partial charge in [-0.3, -0.25) is 0 Å². The van der Waals surface area contributed by atoms with Gasteiger partial charge in [-0.05, 0) is 29.8 Å². The summed E-state index contributed by atoms with van der Waals surface area (Å²) in [7, 11) is -2.26. The van der Waals surface area contributed by atoms with Crippen LogP contribution < -0.4 is 5.73 Å². The largest absolute Gasteiger partial charge is 0.451 e.